The SMILES string of the molecule is CCC(=O)Nc1cc(C)c(NC(=O)c2cc(OC)c(OC)c(OC)c2)cc1Cl. The van der Waals surface area contributed by atoms with E-state index in [4.69, 9.17) is 25.8 Å². The molecule has 0 aliphatic rings. The molecule has 2 N–H and O–H groups in total. The van der Waals surface area contributed by atoms with Crippen LogP contribution in [-0.2, 0) is 4.79 Å². The zero-order chi connectivity index (χ0) is 20.8. The van der Waals surface area contributed by atoms with Gasteiger partial charge in [-0.3, -0.25) is 9.59 Å². The standard InChI is InChI=1S/C20H23ClN2O5/c1-6-18(24)22-15-7-11(2)14(10-13(15)21)23-20(25)12-8-16(26-3)19(28-5)17(9-12)27-4/h7-10H,6H2,1-5H3,(H,22,24)(H,23,25). The lowest BCUT2D eigenvalue weighted by Gasteiger charge is -2.15. The average Bonchev–Trinajstić information content (AvgIpc) is 2.69. The van der Waals surface area contributed by atoms with Gasteiger partial charge in [-0.2, -0.15) is 0 Å². The fourth-order valence-corrected chi connectivity index (χ4v) is 2.77. The van der Waals surface area contributed by atoms with Crippen LogP contribution in [0.25, 0.3) is 0 Å². The fraction of sp³-hybridized carbons (Fsp3) is 0.300. The number of halogens is 1. The number of rotatable bonds is 7. The van der Waals surface area contributed by atoms with Crippen LogP contribution in [-0.4, -0.2) is 33.1 Å². The Labute approximate surface area is 168 Å². The van der Waals surface area contributed by atoms with Crippen LogP contribution in [0.3, 0.4) is 0 Å². The molecule has 0 saturated carbocycles. The number of carbonyl (C=O) groups excluding carboxylic acids is 2. The highest BCUT2D eigenvalue weighted by Gasteiger charge is 2.18. The smallest absolute Gasteiger partial charge is 0.255 e. The highest BCUT2D eigenvalue weighted by Crippen LogP contribution is 2.38. The summed E-state index contributed by atoms with van der Waals surface area (Å²) in [4.78, 5) is 24.3. The summed E-state index contributed by atoms with van der Waals surface area (Å²) in [6.45, 7) is 3.56. The lowest BCUT2D eigenvalue weighted by molar-refractivity contribution is -0.115. The normalized spacial score (nSPS) is 10.2. The molecule has 0 heterocycles. The fourth-order valence-electron chi connectivity index (χ4n) is 2.56. The molecule has 2 amide bonds. The Morgan fingerprint density at radius 3 is 2.04 bits per heavy atom. The molecule has 2 rings (SSSR count). The van der Waals surface area contributed by atoms with Gasteiger partial charge in [0, 0.05) is 17.7 Å². The minimum atomic E-state index is -0.372. The van der Waals surface area contributed by atoms with Gasteiger partial charge in [0.1, 0.15) is 0 Å². The molecule has 28 heavy (non-hydrogen) atoms. The van der Waals surface area contributed by atoms with E-state index in [0.29, 0.717) is 45.6 Å². The van der Waals surface area contributed by atoms with Crippen molar-refractivity contribution in [2.75, 3.05) is 32.0 Å². The van der Waals surface area contributed by atoms with Crippen molar-refractivity contribution in [1.29, 1.82) is 0 Å². The summed E-state index contributed by atoms with van der Waals surface area (Å²) in [6.07, 6.45) is 0.342. The number of amides is 2. The van der Waals surface area contributed by atoms with E-state index in [1.165, 1.54) is 21.3 Å². The summed E-state index contributed by atoms with van der Waals surface area (Å²) in [5.74, 6) is 0.634. The van der Waals surface area contributed by atoms with Gasteiger partial charge in [-0.15, -0.1) is 0 Å². The van der Waals surface area contributed by atoms with E-state index in [1.807, 2.05) is 6.92 Å². The van der Waals surface area contributed by atoms with Gasteiger partial charge in [0.15, 0.2) is 11.5 Å². The topological polar surface area (TPSA) is 85.9 Å². The summed E-state index contributed by atoms with van der Waals surface area (Å²) in [7, 11) is 4.45. The van der Waals surface area contributed by atoms with Gasteiger partial charge in [0.2, 0.25) is 11.7 Å². The number of aryl methyl sites for hydroxylation is 1. The number of ether oxygens (including phenoxy) is 3. The predicted octanol–water partition coefficient (Wildman–Crippen LogP) is 4.28. The summed E-state index contributed by atoms with van der Waals surface area (Å²) in [5.41, 5.74) is 2.10. The monoisotopic (exact) mass is 406 g/mol. The number of anilines is 2. The molecule has 0 radical (unpaired) electrons. The molecule has 8 heteroatoms. The Bertz CT molecular complexity index is 873. The van der Waals surface area contributed by atoms with E-state index in [0.717, 1.165) is 5.56 Å². The molecule has 0 bridgehead atoms. The molecular weight excluding hydrogens is 384 g/mol. The van der Waals surface area contributed by atoms with Crippen molar-refractivity contribution in [3.63, 3.8) is 0 Å². The van der Waals surface area contributed by atoms with Gasteiger partial charge < -0.3 is 24.8 Å². The van der Waals surface area contributed by atoms with Crippen molar-refractivity contribution in [3.05, 3.63) is 40.4 Å². The van der Waals surface area contributed by atoms with Crippen LogP contribution < -0.4 is 24.8 Å². The predicted molar refractivity (Wildman–Crippen MR) is 109 cm³/mol. The third-order valence-electron chi connectivity index (χ3n) is 4.08. The first kappa shape index (κ1) is 21.4. The summed E-state index contributed by atoms with van der Waals surface area (Å²) >= 11 is 6.24. The van der Waals surface area contributed by atoms with Gasteiger partial charge in [-0.05, 0) is 36.8 Å². The first-order valence-electron chi connectivity index (χ1n) is 8.55. The van der Waals surface area contributed by atoms with Crippen molar-refractivity contribution >= 4 is 34.8 Å². The molecule has 2 aromatic rings. The Kier molecular flexibility index (Phi) is 7.12. The molecule has 0 aromatic heterocycles. The number of hydrogen-bond donors (Lipinski definition) is 2. The molecule has 0 spiro atoms. The van der Waals surface area contributed by atoms with Crippen molar-refractivity contribution in [2.24, 2.45) is 0 Å². The van der Waals surface area contributed by atoms with E-state index in [2.05, 4.69) is 10.6 Å². The Morgan fingerprint density at radius 2 is 1.54 bits per heavy atom. The van der Waals surface area contributed by atoms with Gasteiger partial charge in [0.25, 0.3) is 5.91 Å². The second-order valence-corrected chi connectivity index (χ2v) is 6.32. The summed E-state index contributed by atoms with van der Waals surface area (Å²) in [6, 6.07) is 6.42. The van der Waals surface area contributed by atoms with E-state index < -0.39 is 0 Å². The lowest BCUT2D eigenvalue weighted by Crippen LogP contribution is -2.14. The van der Waals surface area contributed by atoms with E-state index >= 15 is 0 Å². The molecule has 0 saturated heterocycles. The largest absolute Gasteiger partial charge is 0.493 e. The molecule has 0 aliphatic carbocycles. The molecule has 0 unspecified atom stereocenters. The lowest BCUT2D eigenvalue weighted by atomic mass is 10.1. The number of methoxy groups -OCH3 is 3. The van der Waals surface area contributed by atoms with Crippen molar-refractivity contribution in [2.45, 2.75) is 20.3 Å². The van der Waals surface area contributed by atoms with Gasteiger partial charge in [-0.1, -0.05) is 18.5 Å². The quantitative estimate of drug-likeness (QED) is 0.716. The summed E-state index contributed by atoms with van der Waals surface area (Å²) < 4.78 is 15.8. The van der Waals surface area contributed by atoms with Crippen LogP contribution in [0, 0.1) is 6.92 Å². The second-order valence-electron chi connectivity index (χ2n) is 5.92. The number of carbonyl (C=O) groups is 2. The Balaban J connectivity index is 2.32. The maximum Gasteiger partial charge on any atom is 0.255 e. The Morgan fingerprint density at radius 1 is 0.929 bits per heavy atom. The zero-order valence-electron chi connectivity index (χ0n) is 16.4. The molecular formula is C20H23ClN2O5. The third kappa shape index (κ3) is 4.67. The van der Waals surface area contributed by atoms with E-state index in [9.17, 15) is 9.59 Å². The first-order valence-corrected chi connectivity index (χ1v) is 8.93. The molecule has 0 aliphatic heterocycles. The van der Waals surface area contributed by atoms with Crippen molar-refractivity contribution in [3.8, 4) is 17.2 Å². The van der Waals surface area contributed by atoms with Gasteiger partial charge in [-0.25, -0.2) is 0 Å². The van der Waals surface area contributed by atoms with Crippen LogP contribution >= 0.6 is 11.6 Å². The number of benzene rings is 2. The zero-order valence-corrected chi connectivity index (χ0v) is 17.2. The molecule has 7 nitrogen and oxygen atoms in total. The van der Waals surface area contributed by atoms with Crippen molar-refractivity contribution < 1.29 is 23.8 Å². The van der Waals surface area contributed by atoms with Crippen LogP contribution in [0.5, 0.6) is 17.2 Å². The van der Waals surface area contributed by atoms with Crippen LogP contribution in [0.15, 0.2) is 24.3 Å². The van der Waals surface area contributed by atoms with Crippen LogP contribution in [0.4, 0.5) is 11.4 Å². The number of nitrogens with one attached hydrogen (secondary N) is 2. The van der Waals surface area contributed by atoms with Crippen LogP contribution in [0.2, 0.25) is 5.02 Å². The minimum Gasteiger partial charge on any atom is -0.493 e. The van der Waals surface area contributed by atoms with Gasteiger partial charge in [0.05, 0.1) is 32.0 Å². The molecule has 0 atom stereocenters. The molecule has 2 aromatic carbocycles. The maximum atomic E-state index is 12.7. The minimum absolute atomic E-state index is 0.143. The summed E-state index contributed by atoms with van der Waals surface area (Å²) in [5, 5.41) is 5.87. The Hall–Kier alpha value is -2.93. The third-order valence-corrected chi connectivity index (χ3v) is 4.40. The van der Waals surface area contributed by atoms with Crippen molar-refractivity contribution in [1.82, 2.24) is 0 Å². The first-order chi connectivity index (χ1) is 13.3. The molecule has 0 fully saturated rings. The number of hydrogen-bond acceptors (Lipinski definition) is 5. The van der Waals surface area contributed by atoms with E-state index in [1.54, 1.807) is 31.2 Å². The molecule has 150 valence electrons. The highest BCUT2D eigenvalue weighted by atomic mass is 35.5. The van der Waals surface area contributed by atoms with Gasteiger partial charge >= 0.3 is 0 Å². The van der Waals surface area contributed by atoms with E-state index in [-0.39, 0.29) is 11.8 Å². The maximum absolute atomic E-state index is 12.7. The average molecular weight is 407 g/mol. The second kappa shape index (κ2) is 9.32. The van der Waals surface area contributed by atoms with Crippen LogP contribution in [0.1, 0.15) is 29.3 Å². The highest BCUT2D eigenvalue weighted by molar-refractivity contribution is 6.34.